The molecule has 3 heterocycles. The van der Waals surface area contributed by atoms with E-state index in [4.69, 9.17) is 21.1 Å². The Morgan fingerprint density at radius 3 is 2.83 bits per heavy atom. The van der Waals surface area contributed by atoms with Crippen LogP contribution in [0, 0.1) is 5.92 Å². The van der Waals surface area contributed by atoms with Gasteiger partial charge in [-0.1, -0.05) is 29.8 Å². The largest absolute Gasteiger partial charge is 0.381 e. The zero-order chi connectivity index (χ0) is 16.4. The normalized spacial score (nSPS) is 27.5. The summed E-state index contributed by atoms with van der Waals surface area (Å²) in [6.07, 6.45) is 3.98. The third-order valence-electron chi connectivity index (χ3n) is 5.46. The molecule has 24 heavy (non-hydrogen) atoms. The first-order valence-electron chi connectivity index (χ1n) is 9.01. The van der Waals surface area contributed by atoms with Crippen LogP contribution in [0.5, 0.6) is 0 Å². The fourth-order valence-corrected chi connectivity index (χ4v) is 5.86. The van der Waals surface area contributed by atoms with Crippen molar-refractivity contribution in [2.24, 2.45) is 5.92 Å². The van der Waals surface area contributed by atoms with Crippen LogP contribution in [0.25, 0.3) is 0 Å². The van der Waals surface area contributed by atoms with E-state index in [9.17, 15) is 0 Å². The molecule has 3 fully saturated rings. The first kappa shape index (κ1) is 17.2. The molecule has 0 amide bonds. The molecule has 0 saturated carbocycles. The van der Waals surface area contributed by atoms with E-state index in [1.807, 2.05) is 12.1 Å². The Hall–Kier alpha value is -0.260. The lowest BCUT2D eigenvalue weighted by atomic mass is 9.92. The lowest BCUT2D eigenvalue weighted by molar-refractivity contribution is -0.0133. The van der Waals surface area contributed by atoms with Gasteiger partial charge in [0, 0.05) is 55.0 Å². The van der Waals surface area contributed by atoms with E-state index in [0.29, 0.717) is 16.8 Å². The summed E-state index contributed by atoms with van der Waals surface area (Å²) in [7, 11) is 0. The highest BCUT2D eigenvalue weighted by molar-refractivity contribution is 8.01. The lowest BCUT2D eigenvalue weighted by Gasteiger charge is -2.47. The second-order valence-electron chi connectivity index (χ2n) is 7.45. The van der Waals surface area contributed by atoms with Gasteiger partial charge in [-0.25, -0.2) is 0 Å². The number of thioether (sulfide) groups is 1. The van der Waals surface area contributed by atoms with E-state index in [1.165, 1.54) is 25.1 Å². The number of hydrogen-bond acceptors (Lipinski definition) is 4. The number of nitrogens with zero attached hydrogens (tertiary/aromatic N) is 1. The second-order valence-corrected chi connectivity index (χ2v) is 9.34. The molecule has 1 spiro atoms. The maximum Gasteiger partial charge on any atom is 0.0680 e. The van der Waals surface area contributed by atoms with Crippen LogP contribution in [-0.2, 0) is 16.0 Å². The Balaban J connectivity index is 1.21. The van der Waals surface area contributed by atoms with Gasteiger partial charge in [0.25, 0.3) is 0 Å². The number of rotatable bonds is 5. The smallest absolute Gasteiger partial charge is 0.0680 e. The molecule has 0 aliphatic carbocycles. The van der Waals surface area contributed by atoms with Crippen molar-refractivity contribution in [3.63, 3.8) is 0 Å². The van der Waals surface area contributed by atoms with Crippen LogP contribution in [0.3, 0.4) is 0 Å². The molecular formula is C19H26ClNO2S. The number of ether oxygens (including phenoxy) is 2. The minimum absolute atomic E-state index is 0.432. The van der Waals surface area contributed by atoms with Gasteiger partial charge in [0.15, 0.2) is 0 Å². The average molecular weight is 368 g/mol. The summed E-state index contributed by atoms with van der Waals surface area (Å²) in [5.74, 6) is 1.86. The molecule has 1 aromatic carbocycles. The Labute approximate surface area is 154 Å². The molecule has 4 rings (SSSR count). The molecule has 3 nitrogen and oxygen atoms in total. The predicted molar refractivity (Wildman–Crippen MR) is 99.8 cm³/mol. The van der Waals surface area contributed by atoms with Crippen molar-refractivity contribution in [3.05, 3.63) is 34.9 Å². The van der Waals surface area contributed by atoms with Gasteiger partial charge in [-0.3, -0.25) is 4.90 Å². The van der Waals surface area contributed by atoms with Gasteiger partial charge in [0.2, 0.25) is 0 Å². The molecule has 0 radical (unpaired) electrons. The van der Waals surface area contributed by atoms with Crippen LogP contribution < -0.4 is 0 Å². The highest BCUT2D eigenvalue weighted by atomic mass is 35.5. The van der Waals surface area contributed by atoms with Crippen molar-refractivity contribution in [1.82, 2.24) is 4.90 Å². The minimum atomic E-state index is 0.432. The summed E-state index contributed by atoms with van der Waals surface area (Å²) in [4.78, 5) is 2.51. The van der Waals surface area contributed by atoms with Gasteiger partial charge in [0.05, 0.1) is 6.10 Å². The van der Waals surface area contributed by atoms with Crippen LogP contribution in [0.1, 0.15) is 24.8 Å². The molecule has 3 saturated heterocycles. The van der Waals surface area contributed by atoms with Crippen LogP contribution >= 0.6 is 23.4 Å². The highest BCUT2D eigenvalue weighted by Crippen LogP contribution is 2.46. The molecule has 1 aromatic rings. The summed E-state index contributed by atoms with van der Waals surface area (Å²) in [5, 5.41) is 0.884. The number of benzene rings is 1. The van der Waals surface area contributed by atoms with Gasteiger partial charge in [0.1, 0.15) is 0 Å². The van der Waals surface area contributed by atoms with Crippen LogP contribution in [-0.4, -0.2) is 54.4 Å². The van der Waals surface area contributed by atoms with Gasteiger partial charge >= 0.3 is 0 Å². The summed E-state index contributed by atoms with van der Waals surface area (Å²) in [6, 6.07) is 8.18. The zero-order valence-electron chi connectivity index (χ0n) is 14.1. The fraction of sp³-hybridized carbons (Fsp3) is 0.684. The van der Waals surface area contributed by atoms with E-state index >= 15 is 0 Å². The fourth-order valence-electron chi connectivity index (χ4n) is 4.06. The van der Waals surface area contributed by atoms with Gasteiger partial charge in [-0.2, -0.15) is 0 Å². The molecule has 0 aromatic heterocycles. The predicted octanol–water partition coefficient (Wildman–Crippen LogP) is 3.84. The average Bonchev–Trinajstić information content (AvgIpc) is 3.00. The highest BCUT2D eigenvalue weighted by Gasteiger charge is 2.49. The Morgan fingerprint density at radius 2 is 2.04 bits per heavy atom. The molecule has 3 aliphatic rings. The number of hydrogen-bond donors (Lipinski definition) is 0. The molecule has 0 N–H and O–H groups in total. The minimum Gasteiger partial charge on any atom is -0.381 e. The van der Waals surface area contributed by atoms with Crippen molar-refractivity contribution in [2.75, 3.05) is 38.7 Å². The second kappa shape index (κ2) is 7.55. The molecule has 3 aliphatic heterocycles. The maximum atomic E-state index is 6.28. The lowest BCUT2D eigenvalue weighted by Crippen LogP contribution is -2.58. The SMILES string of the molecule is Clc1ccccc1CN1CC2(C[C@@H](OCC3CCOCC3)CS2)C1. The van der Waals surface area contributed by atoms with Crippen LogP contribution in [0.15, 0.2) is 24.3 Å². The van der Waals surface area contributed by atoms with E-state index in [-0.39, 0.29) is 0 Å². The molecule has 5 heteroatoms. The Morgan fingerprint density at radius 1 is 1.25 bits per heavy atom. The molecule has 0 bridgehead atoms. The third-order valence-corrected chi connectivity index (χ3v) is 7.40. The van der Waals surface area contributed by atoms with E-state index in [0.717, 1.165) is 50.0 Å². The van der Waals surface area contributed by atoms with Crippen molar-refractivity contribution in [2.45, 2.75) is 36.7 Å². The molecule has 132 valence electrons. The molecule has 1 atom stereocenters. The van der Waals surface area contributed by atoms with Crippen molar-refractivity contribution in [3.8, 4) is 0 Å². The third kappa shape index (κ3) is 3.94. The van der Waals surface area contributed by atoms with E-state index < -0.39 is 0 Å². The molecule has 0 unspecified atom stereocenters. The van der Waals surface area contributed by atoms with Gasteiger partial charge in [-0.15, -0.1) is 11.8 Å². The zero-order valence-corrected chi connectivity index (χ0v) is 15.7. The quantitative estimate of drug-likeness (QED) is 0.788. The summed E-state index contributed by atoms with van der Waals surface area (Å²) >= 11 is 8.40. The Bertz CT molecular complexity index is 558. The van der Waals surface area contributed by atoms with Crippen LogP contribution in [0.2, 0.25) is 5.02 Å². The summed E-state index contributed by atoms with van der Waals surface area (Å²) < 4.78 is 12.1. The Kier molecular flexibility index (Phi) is 5.40. The first-order valence-corrected chi connectivity index (χ1v) is 10.4. The van der Waals surface area contributed by atoms with Gasteiger partial charge < -0.3 is 9.47 Å². The topological polar surface area (TPSA) is 21.7 Å². The van der Waals surface area contributed by atoms with Crippen LogP contribution in [0.4, 0.5) is 0 Å². The van der Waals surface area contributed by atoms with Gasteiger partial charge in [-0.05, 0) is 36.8 Å². The first-order chi connectivity index (χ1) is 11.7. The van der Waals surface area contributed by atoms with Crippen molar-refractivity contribution >= 4 is 23.4 Å². The summed E-state index contributed by atoms with van der Waals surface area (Å²) in [5.41, 5.74) is 1.24. The summed E-state index contributed by atoms with van der Waals surface area (Å²) in [6.45, 7) is 6.05. The van der Waals surface area contributed by atoms with E-state index in [1.54, 1.807) is 0 Å². The van der Waals surface area contributed by atoms with Crippen molar-refractivity contribution < 1.29 is 9.47 Å². The van der Waals surface area contributed by atoms with E-state index in [2.05, 4.69) is 28.8 Å². The standard InChI is InChI=1S/C19H26ClNO2S/c20-18-4-2-1-3-16(18)10-21-13-19(14-21)9-17(12-24-19)23-11-15-5-7-22-8-6-15/h1-4,15,17H,5-14H2/t17-/m1/s1. The van der Waals surface area contributed by atoms with Crippen molar-refractivity contribution in [1.29, 1.82) is 0 Å². The maximum absolute atomic E-state index is 6.28. The number of likely N-dealkylation sites (tertiary alicyclic amines) is 1. The number of halogens is 1. The monoisotopic (exact) mass is 367 g/mol. The molecular weight excluding hydrogens is 342 g/mol.